The van der Waals surface area contributed by atoms with Gasteiger partial charge in [0.05, 0.1) is 10.7 Å². The van der Waals surface area contributed by atoms with E-state index in [0.29, 0.717) is 23.1 Å². The molecule has 1 aromatic carbocycles. The minimum absolute atomic E-state index is 0.285. The highest BCUT2D eigenvalue weighted by atomic mass is 35.5. The molecule has 0 fully saturated rings. The maximum atomic E-state index is 12.8. The Kier molecular flexibility index (Phi) is 6.76. The van der Waals surface area contributed by atoms with Crippen LogP contribution in [0.25, 0.3) is 0 Å². The van der Waals surface area contributed by atoms with Gasteiger partial charge in [-0.2, -0.15) is 18.3 Å². The molecular weight excluding hydrogens is 408 g/mol. The van der Waals surface area contributed by atoms with Crippen molar-refractivity contribution in [1.29, 1.82) is 0 Å². The zero-order valence-electron chi connectivity index (χ0n) is 14.0. The van der Waals surface area contributed by atoms with Gasteiger partial charge in [0.1, 0.15) is 0 Å². The first-order valence-corrected chi connectivity index (χ1v) is 8.87. The van der Waals surface area contributed by atoms with Gasteiger partial charge in [-0.25, -0.2) is 0 Å². The first-order valence-electron chi connectivity index (χ1n) is 7.71. The number of hydrogen-bond acceptors (Lipinski definition) is 2. The molecule has 0 radical (unpaired) electrons. The standard InChI is InChI=1S/C16H17Cl2F3N4S/c1-9-11(17)5-3-6-12(9)23-15(26)22-7-4-8-25-10(2)13(18)14(24-25)16(19,20)21/h3,5-6H,4,7-8H2,1-2H3,(H2,22,23,26). The van der Waals surface area contributed by atoms with Gasteiger partial charge < -0.3 is 10.6 Å². The predicted octanol–water partition coefficient (Wildman–Crippen LogP) is 5.20. The Bertz CT molecular complexity index is 806. The van der Waals surface area contributed by atoms with Crippen LogP contribution in [0.2, 0.25) is 10.0 Å². The molecule has 0 aliphatic carbocycles. The molecule has 2 N–H and O–H groups in total. The van der Waals surface area contributed by atoms with Gasteiger partial charge >= 0.3 is 6.18 Å². The third-order valence-electron chi connectivity index (χ3n) is 3.75. The van der Waals surface area contributed by atoms with E-state index in [1.54, 1.807) is 6.07 Å². The minimum Gasteiger partial charge on any atom is -0.362 e. The topological polar surface area (TPSA) is 41.9 Å². The fourth-order valence-electron chi connectivity index (χ4n) is 2.26. The number of rotatable bonds is 5. The van der Waals surface area contributed by atoms with Crippen molar-refractivity contribution in [3.8, 4) is 0 Å². The summed E-state index contributed by atoms with van der Waals surface area (Å²) in [7, 11) is 0. The van der Waals surface area contributed by atoms with Crippen molar-refractivity contribution in [2.24, 2.45) is 0 Å². The summed E-state index contributed by atoms with van der Waals surface area (Å²) in [6.45, 7) is 4.12. The minimum atomic E-state index is -4.56. The summed E-state index contributed by atoms with van der Waals surface area (Å²) in [5.74, 6) is 0. The summed E-state index contributed by atoms with van der Waals surface area (Å²) in [6, 6.07) is 5.44. The molecular formula is C16H17Cl2F3N4S. The van der Waals surface area contributed by atoms with E-state index in [2.05, 4.69) is 15.7 Å². The lowest BCUT2D eigenvalue weighted by molar-refractivity contribution is -0.141. The zero-order chi connectivity index (χ0) is 19.5. The molecule has 0 bridgehead atoms. The Labute approximate surface area is 164 Å². The van der Waals surface area contributed by atoms with Crippen LogP contribution in [0.4, 0.5) is 18.9 Å². The SMILES string of the molecule is Cc1c(Cl)cccc1NC(=S)NCCCn1nc(C(F)(F)F)c(Cl)c1C. The summed E-state index contributed by atoms with van der Waals surface area (Å²) in [5, 5.41) is 10.3. The monoisotopic (exact) mass is 424 g/mol. The fourth-order valence-corrected chi connectivity index (χ4v) is 2.89. The van der Waals surface area contributed by atoms with Gasteiger partial charge in [-0.15, -0.1) is 0 Å². The Morgan fingerprint density at radius 3 is 2.58 bits per heavy atom. The second kappa shape index (κ2) is 8.45. The number of thiocarbonyl (C=S) groups is 1. The number of aryl methyl sites for hydroxylation is 1. The van der Waals surface area contributed by atoms with Crippen LogP contribution in [0.3, 0.4) is 0 Å². The number of nitrogens with one attached hydrogen (secondary N) is 2. The number of benzene rings is 1. The van der Waals surface area contributed by atoms with Gasteiger partial charge in [0.2, 0.25) is 0 Å². The van der Waals surface area contributed by atoms with Crippen LogP contribution in [-0.2, 0) is 12.7 Å². The van der Waals surface area contributed by atoms with Gasteiger partial charge in [-0.1, -0.05) is 29.3 Å². The lowest BCUT2D eigenvalue weighted by Gasteiger charge is -2.13. The number of hydrogen-bond donors (Lipinski definition) is 2. The predicted molar refractivity (Wildman–Crippen MR) is 102 cm³/mol. The van der Waals surface area contributed by atoms with Crippen LogP contribution < -0.4 is 10.6 Å². The van der Waals surface area contributed by atoms with E-state index in [1.807, 2.05) is 19.1 Å². The molecule has 4 nitrogen and oxygen atoms in total. The average molecular weight is 425 g/mol. The number of halogens is 5. The van der Waals surface area contributed by atoms with E-state index < -0.39 is 11.9 Å². The molecule has 0 aliphatic heterocycles. The maximum absolute atomic E-state index is 12.8. The van der Waals surface area contributed by atoms with Crippen LogP contribution in [0.1, 0.15) is 23.4 Å². The largest absolute Gasteiger partial charge is 0.436 e. The first-order chi connectivity index (χ1) is 12.1. The van der Waals surface area contributed by atoms with Gasteiger partial charge in [0.15, 0.2) is 10.8 Å². The van der Waals surface area contributed by atoms with Gasteiger partial charge in [0, 0.05) is 23.8 Å². The van der Waals surface area contributed by atoms with Gasteiger partial charge in [-0.3, -0.25) is 4.68 Å². The summed E-state index contributed by atoms with van der Waals surface area (Å²) >= 11 is 17.0. The summed E-state index contributed by atoms with van der Waals surface area (Å²) < 4.78 is 39.6. The number of aromatic nitrogens is 2. The summed E-state index contributed by atoms with van der Waals surface area (Å²) in [5.41, 5.74) is 0.895. The van der Waals surface area contributed by atoms with Crippen LogP contribution in [0.15, 0.2) is 18.2 Å². The van der Waals surface area contributed by atoms with Crippen molar-refractivity contribution < 1.29 is 13.2 Å². The Morgan fingerprint density at radius 2 is 1.96 bits per heavy atom. The molecule has 2 rings (SSSR count). The number of anilines is 1. The molecule has 10 heteroatoms. The smallest absolute Gasteiger partial charge is 0.362 e. The summed E-state index contributed by atoms with van der Waals surface area (Å²) in [6.07, 6.45) is -4.04. The van der Waals surface area contributed by atoms with Crippen LogP contribution in [0, 0.1) is 13.8 Å². The second-order valence-electron chi connectivity index (χ2n) is 5.62. The molecule has 0 saturated carbocycles. The van der Waals surface area contributed by atoms with Gasteiger partial charge in [0.25, 0.3) is 0 Å². The second-order valence-corrected chi connectivity index (χ2v) is 6.81. The molecule has 0 spiro atoms. The Morgan fingerprint density at radius 1 is 1.27 bits per heavy atom. The number of alkyl halides is 3. The molecule has 0 unspecified atom stereocenters. The van der Waals surface area contributed by atoms with Crippen molar-refractivity contribution in [1.82, 2.24) is 15.1 Å². The third kappa shape index (κ3) is 5.02. The zero-order valence-corrected chi connectivity index (χ0v) is 16.4. The Hall–Kier alpha value is -1.51. The van der Waals surface area contributed by atoms with Crippen LogP contribution in [0.5, 0.6) is 0 Å². The highest BCUT2D eigenvalue weighted by Gasteiger charge is 2.38. The lowest BCUT2D eigenvalue weighted by atomic mass is 10.2. The highest BCUT2D eigenvalue weighted by molar-refractivity contribution is 7.80. The molecule has 2 aromatic rings. The summed E-state index contributed by atoms with van der Waals surface area (Å²) in [4.78, 5) is 0. The quantitative estimate of drug-likeness (QED) is 0.511. The Balaban J connectivity index is 1.85. The van der Waals surface area contributed by atoms with Crippen LogP contribution in [-0.4, -0.2) is 21.4 Å². The van der Waals surface area contributed by atoms with E-state index in [0.717, 1.165) is 11.3 Å². The van der Waals surface area contributed by atoms with E-state index in [1.165, 1.54) is 11.6 Å². The molecule has 0 saturated heterocycles. The van der Waals surface area contributed by atoms with Crippen molar-refractivity contribution in [2.75, 3.05) is 11.9 Å². The van der Waals surface area contributed by atoms with Crippen molar-refractivity contribution in [3.05, 3.63) is 45.2 Å². The third-order valence-corrected chi connectivity index (χ3v) is 4.86. The van der Waals surface area contributed by atoms with E-state index in [4.69, 9.17) is 35.4 Å². The number of nitrogens with zero attached hydrogens (tertiary/aromatic N) is 2. The molecule has 1 aromatic heterocycles. The molecule has 0 atom stereocenters. The highest BCUT2D eigenvalue weighted by Crippen LogP contribution is 2.35. The average Bonchev–Trinajstić information content (AvgIpc) is 2.84. The normalized spacial score (nSPS) is 11.5. The first kappa shape index (κ1) is 20.8. The molecule has 1 heterocycles. The molecule has 0 amide bonds. The van der Waals surface area contributed by atoms with Gasteiger partial charge in [-0.05, 0) is 50.2 Å². The fraction of sp³-hybridized carbons (Fsp3) is 0.375. The van der Waals surface area contributed by atoms with Crippen molar-refractivity contribution in [3.63, 3.8) is 0 Å². The van der Waals surface area contributed by atoms with E-state index in [9.17, 15) is 13.2 Å². The molecule has 142 valence electrons. The maximum Gasteiger partial charge on any atom is 0.436 e. The van der Waals surface area contributed by atoms with E-state index >= 15 is 0 Å². The van der Waals surface area contributed by atoms with Crippen molar-refractivity contribution >= 4 is 46.2 Å². The molecule has 0 aliphatic rings. The van der Waals surface area contributed by atoms with Crippen molar-refractivity contribution in [2.45, 2.75) is 33.0 Å². The lowest BCUT2D eigenvalue weighted by Crippen LogP contribution is -2.30. The van der Waals surface area contributed by atoms with Crippen LogP contribution >= 0.6 is 35.4 Å². The molecule has 26 heavy (non-hydrogen) atoms. The van der Waals surface area contributed by atoms with E-state index in [-0.39, 0.29) is 17.3 Å².